The van der Waals surface area contributed by atoms with Crippen LogP contribution in [-0.2, 0) is 0 Å². The number of para-hydroxylation sites is 2. The first kappa shape index (κ1) is 12.1. The SMILES string of the molecule is Cc1cccc(C(=O)Nc2ccccc2N)c1F. The van der Waals surface area contributed by atoms with Crippen LogP contribution in [0.5, 0.6) is 0 Å². The number of hydrogen-bond acceptors (Lipinski definition) is 2. The summed E-state index contributed by atoms with van der Waals surface area (Å²) in [6, 6.07) is 11.5. The third-order valence-corrected chi connectivity index (χ3v) is 2.65. The molecule has 0 aliphatic heterocycles. The molecule has 2 rings (SSSR count). The average Bonchev–Trinajstić information content (AvgIpc) is 2.35. The number of hydrogen-bond donors (Lipinski definition) is 2. The first-order valence-corrected chi connectivity index (χ1v) is 5.50. The van der Waals surface area contributed by atoms with E-state index in [1.165, 1.54) is 6.07 Å². The lowest BCUT2D eigenvalue weighted by atomic mass is 10.1. The second kappa shape index (κ2) is 4.87. The number of carbonyl (C=O) groups excluding carboxylic acids is 1. The van der Waals surface area contributed by atoms with Crippen LogP contribution in [0.1, 0.15) is 15.9 Å². The van der Waals surface area contributed by atoms with Gasteiger partial charge in [0, 0.05) is 0 Å². The summed E-state index contributed by atoms with van der Waals surface area (Å²) in [5, 5.41) is 2.59. The summed E-state index contributed by atoms with van der Waals surface area (Å²) in [5.41, 5.74) is 7.07. The molecule has 0 aromatic heterocycles. The normalized spacial score (nSPS) is 10.1. The van der Waals surface area contributed by atoms with Crippen LogP contribution in [0.25, 0.3) is 0 Å². The van der Waals surface area contributed by atoms with Crippen molar-refractivity contribution in [3.05, 3.63) is 59.4 Å². The molecule has 0 aliphatic carbocycles. The largest absolute Gasteiger partial charge is 0.397 e. The highest BCUT2D eigenvalue weighted by Crippen LogP contribution is 2.19. The number of benzene rings is 2. The zero-order valence-corrected chi connectivity index (χ0v) is 9.91. The van der Waals surface area contributed by atoms with E-state index in [0.717, 1.165) is 0 Å². The van der Waals surface area contributed by atoms with Gasteiger partial charge in [-0.05, 0) is 30.7 Å². The molecule has 0 atom stereocenters. The van der Waals surface area contributed by atoms with E-state index in [4.69, 9.17) is 5.73 Å². The van der Waals surface area contributed by atoms with Crippen molar-refractivity contribution in [2.75, 3.05) is 11.1 Å². The smallest absolute Gasteiger partial charge is 0.258 e. The second-order valence-corrected chi connectivity index (χ2v) is 3.98. The lowest BCUT2D eigenvalue weighted by Crippen LogP contribution is -2.15. The molecule has 0 saturated heterocycles. The standard InChI is InChI=1S/C14H13FN2O/c1-9-5-4-6-10(13(9)15)14(18)17-12-8-3-2-7-11(12)16/h2-8H,16H2,1H3,(H,17,18). The first-order valence-electron chi connectivity index (χ1n) is 5.50. The van der Waals surface area contributed by atoms with E-state index in [1.54, 1.807) is 43.3 Å². The Morgan fingerprint density at radius 3 is 2.61 bits per heavy atom. The third kappa shape index (κ3) is 2.32. The van der Waals surface area contributed by atoms with Crippen molar-refractivity contribution in [2.24, 2.45) is 0 Å². The fourth-order valence-electron chi connectivity index (χ4n) is 1.62. The van der Waals surface area contributed by atoms with Crippen molar-refractivity contribution in [1.29, 1.82) is 0 Å². The Kier molecular flexibility index (Phi) is 3.28. The molecule has 4 heteroatoms. The van der Waals surface area contributed by atoms with Gasteiger partial charge in [0.1, 0.15) is 5.82 Å². The zero-order valence-electron chi connectivity index (χ0n) is 9.91. The van der Waals surface area contributed by atoms with Crippen LogP contribution in [-0.4, -0.2) is 5.91 Å². The molecule has 0 unspecified atom stereocenters. The molecule has 0 aliphatic rings. The van der Waals surface area contributed by atoms with Crippen LogP contribution in [0.4, 0.5) is 15.8 Å². The van der Waals surface area contributed by atoms with Gasteiger partial charge in [-0.2, -0.15) is 0 Å². The highest BCUT2D eigenvalue weighted by atomic mass is 19.1. The number of nitrogens with one attached hydrogen (secondary N) is 1. The number of aryl methyl sites for hydroxylation is 1. The summed E-state index contributed by atoms with van der Waals surface area (Å²) in [6.45, 7) is 1.61. The fraction of sp³-hybridized carbons (Fsp3) is 0.0714. The highest BCUT2D eigenvalue weighted by Gasteiger charge is 2.13. The molecule has 92 valence electrons. The van der Waals surface area contributed by atoms with Crippen molar-refractivity contribution < 1.29 is 9.18 Å². The average molecular weight is 244 g/mol. The van der Waals surface area contributed by atoms with Gasteiger partial charge >= 0.3 is 0 Å². The quantitative estimate of drug-likeness (QED) is 0.798. The Morgan fingerprint density at radius 2 is 1.89 bits per heavy atom. The predicted octanol–water partition coefficient (Wildman–Crippen LogP) is 2.97. The second-order valence-electron chi connectivity index (χ2n) is 3.98. The first-order chi connectivity index (χ1) is 8.59. The zero-order chi connectivity index (χ0) is 13.1. The van der Waals surface area contributed by atoms with E-state index in [-0.39, 0.29) is 5.56 Å². The minimum absolute atomic E-state index is 0.0123. The Bertz CT molecular complexity index is 596. The van der Waals surface area contributed by atoms with Gasteiger partial charge in [0.25, 0.3) is 5.91 Å². The number of nitrogen functional groups attached to an aromatic ring is 1. The Morgan fingerprint density at radius 1 is 1.17 bits per heavy atom. The maximum atomic E-state index is 13.8. The molecule has 0 radical (unpaired) electrons. The summed E-state index contributed by atoms with van der Waals surface area (Å²) in [6.07, 6.45) is 0. The van der Waals surface area contributed by atoms with E-state index in [0.29, 0.717) is 16.9 Å². The van der Waals surface area contributed by atoms with Crippen LogP contribution < -0.4 is 11.1 Å². The molecule has 0 saturated carbocycles. The van der Waals surface area contributed by atoms with Crippen molar-refractivity contribution in [2.45, 2.75) is 6.92 Å². The summed E-state index contributed by atoms with van der Waals surface area (Å²) in [7, 11) is 0. The van der Waals surface area contributed by atoms with Gasteiger partial charge in [-0.3, -0.25) is 4.79 Å². The Hall–Kier alpha value is -2.36. The van der Waals surface area contributed by atoms with Gasteiger partial charge in [-0.1, -0.05) is 24.3 Å². The van der Waals surface area contributed by atoms with Gasteiger partial charge < -0.3 is 11.1 Å². The van der Waals surface area contributed by atoms with Gasteiger partial charge in [0.2, 0.25) is 0 Å². The minimum Gasteiger partial charge on any atom is -0.397 e. The van der Waals surface area contributed by atoms with Gasteiger partial charge in [0.15, 0.2) is 0 Å². The molecule has 2 aromatic rings. The molecular formula is C14H13FN2O. The fourth-order valence-corrected chi connectivity index (χ4v) is 1.62. The molecule has 0 spiro atoms. The summed E-state index contributed by atoms with van der Waals surface area (Å²) >= 11 is 0. The summed E-state index contributed by atoms with van der Waals surface area (Å²) < 4.78 is 13.8. The van der Waals surface area contributed by atoms with Crippen LogP contribution in [0, 0.1) is 12.7 Å². The number of nitrogens with two attached hydrogens (primary N) is 1. The molecule has 18 heavy (non-hydrogen) atoms. The van der Waals surface area contributed by atoms with E-state index < -0.39 is 11.7 Å². The van der Waals surface area contributed by atoms with Gasteiger partial charge in [-0.15, -0.1) is 0 Å². The predicted molar refractivity (Wildman–Crippen MR) is 69.9 cm³/mol. The number of carbonyl (C=O) groups is 1. The van der Waals surface area contributed by atoms with Crippen LogP contribution >= 0.6 is 0 Å². The monoisotopic (exact) mass is 244 g/mol. The molecule has 2 aromatic carbocycles. The van der Waals surface area contributed by atoms with Crippen molar-refractivity contribution >= 4 is 17.3 Å². The van der Waals surface area contributed by atoms with Crippen LogP contribution in [0.2, 0.25) is 0 Å². The van der Waals surface area contributed by atoms with Crippen LogP contribution in [0.3, 0.4) is 0 Å². The maximum absolute atomic E-state index is 13.8. The molecule has 0 bridgehead atoms. The number of rotatable bonds is 2. The third-order valence-electron chi connectivity index (χ3n) is 2.65. The number of halogens is 1. The Labute approximate surface area is 104 Å². The minimum atomic E-state index is -0.510. The van der Waals surface area contributed by atoms with E-state index in [2.05, 4.69) is 5.32 Å². The van der Waals surface area contributed by atoms with Gasteiger partial charge in [-0.25, -0.2) is 4.39 Å². The molecule has 1 amide bonds. The molecular weight excluding hydrogens is 231 g/mol. The number of amides is 1. The van der Waals surface area contributed by atoms with Crippen LogP contribution in [0.15, 0.2) is 42.5 Å². The van der Waals surface area contributed by atoms with E-state index >= 15 is 0 Å². The Balaban J connectivity index is 2.28. The molecule has 3 N–H and O–H groups in total. The maximum Gasteiger partial charge on any atom is 0.258 e. The van der Waals surface area contributed by atoms with Crippen molar-refractivity contribution in [3.63, 3.8) is 0 Å². The topological polar surface area (TPSA) is 55.1 Å². The summed E-state index contributed by atoms with van der Waals surface area (Å²) in [5.74, 6) is -1.02. The van der Waals surface area contributed by atoms with Crippen molar-refractivity contribution in [1.82, 2.24) is 0 Å². The van der Waals surface area contributed by atoms with Crippen molar-refractivity contribution in [3.8, 4) is 0 Å². The lowest BCUT2D eigenvalue weighted by molar-refractivity contribution is 0.102. The van der Waals surface area contributed by atoms with E-state index in [9.17, 15) is 9.18 Å². The molecule has 0 heterocycles. The molecule has 0 fully saturated rings. The van der Waals surface area contributed by atoms with E-state index in [1.807, 2.05) is 0 Å². The highest BCUT2D eigenvalue weighted by molar-refractivity contribution is 6.06. The number of anilines is 2. The summed E-state index contributed by atoms with van der Waals surface area (Å²) in [4.78, 5) is 11.9. The molecule has 3 nitrogen and oxygen atoms in total. The lowest BCUT2D eigenvalue weighted by Gasteiger charge is -2.09. The van der Waals surface area contributed by atoms with Gasteiger partial charge in [0.05, 0.1) is 16.9 Å².